The molecule has 1 aliphatic rings. The molecule has 1 aromatic carbocycles. The summed E-state index contributed by atoms with van der Waals surface area (Å²) in [5.74, 6) is 2.45. The van der Waals surface area contributed by atoms with Gasteiger partial charge in [0, 0.05) is 0 Å². The fourth-order valence-corrected chi connectivity index (χ4v) is 2.64. The second kappa shape index (κ2) is 7.54. The van der Waals surface area contributed by atoms with Crippen LogP contribution < -0.4 is 10.1 Å². The zero-order valence-electron chi connectivity index (χ0n) is 12.3. The molecule has 1 N–H and O–H groups in total. The lowest BCUT2D eigenvalue weighted by Gasteiger charge is -2.22. The summed E-state index contributed by atoms with van der Waals surface area (Å²) in [6, 6.07) is 8.62. The van der Waals surface area contributed by atoms with Crippen LogP contribution in [0, 0.1) is 5.92 Å². The van der Waals surface area contributed by atoms with Gasteiger partial charge in [-0.1, -0.05) is 26.0 Å². The smallest absolute Gasteiger partial charge is 0.119 e. The summed E-state index contributed by atoms with van der Waals surface area (Å²) in [7, 11) is 0. The third kappa shape index (κ3) is 4.54. The van der Waals surface area contributed by atoms with Crippen LogP contribution in [0.3, 0.4) is 0 Å². The maximum absolute atomic E-state index is 5.85. The van der Waals surface area contributed by atoms with Crippen LogP contribution in [0.5, 0.6) is 5.75 Å². The number of ether oxygens (including phenoxy) is 1. The summed E-state index contributed by atoms with van der Waals surface area (Å²) in [5, 5.41) is 3.45. The highest BCUT2D eigenvalue weighted by atomic mass is 16.5. The van der Waals surface area contributed by atoms with Crippen molar-refractivity contribution in [3.63, 3.8) is 0 Å². The van der Waals surface area contributed by atoms with E-state index in [0.717, 1.165) is 24.8 Å². The number of benzene rings is 1. The Kier molecular flexibility index (Phi) is 5.71. The molecule has 2 atom stereocenters. The summed E-state index contributed by atoms with van der Waals surface area (Å²) in [4.78, 5) is 0. The highest BCUT2D eigenvalue weighted by Crippen LogP contribution is 2.22. The average Bonchev–Trinajstić information content (AvgIpc) is 2.48. The van der Waals surface area contributed by atoms with E-state index in [1.54, 1.807) is 0 Å². The van der Waals surface area contributed by atoms with Crippen LogP contribution in [0.2, 0.25) is 0 Å². The molecule has 0 amide bonds. The molecule has 0 spiro atoms. The Morgan fingerprint density at radius 3 is 2.74 bits per heavy atom. The van der Waals surface area contributed by atoms with Gasteiger partial charge in [0.25, 0.3) is 0 Å². The Morgan fingerprint density at radius 2 is 2.11 bits per heavy atom. The van der Waals surface area contributed by atoms with Crippen LogP contribution in [0.25, 0.3) is 0 Å². The molecule has 0 saturated carbocycles. The molecule has 1 fully saturated rings. The predicted molar refractivity (Wildman–Crippen MR) is 80.9 cm³/mol. The molecule has 2 nitrogen and oxygen atoms in total. The van der Waals surface area contributed by atoms with Crippen molar-refractivity contribution in [1.82, 2.24) is 5.32 Å². The van der Waals surface area contributed by atoms with Gasteiger partial charge >= 0.3 is 0 Å². The summed E-state index contributed by atoms with van der Waals surface area (Å²) in [6.45, 7) is 7.69. The van der Waals surface area contributed by atoms with Crippen molar-refractivity contribution < 1.29 is 4.74 Å². The Bertz CT molecular complexity index is 354. The second-order valence-corrected chi connectivity index (χ2v) is 5.73. The topological polar surface area (TPSA) is 21.3 Å². The number of nitrogens with one attached hydrogen (secondary N) is 1. The van der Waals surface area contributed by atoms with Crippen molar-refractivity contribution in [3.8, 4) is 5.75 Å². The molecule has 0 bridgehead atoms. The van der Waals surface area contributed by atoms with Crippen molar-refractivity contribution in [3.05, 3.63) is 29.8 Å². The van der Waals surface area contributed by atoms with Crippen molar-refractivity contribution in [2.75, 3.05) is 19.7 Å². The Morgan fingerprint density at radius 1 is 1.32 bits per heavy atom. The number of hydrogen-bond donors (Lipinski definition) is 1. The van der Waals surface area contributed by atoms with Gasteiger partial charge in [0.1, 0.15) is 5.75 Å². The van der Waals surface area contributed by atoms with Gasteiger partial charge in [-0.25, -0.2) is 0 Å². The van der Waals surface area contributed by atoms with E-state index in [0.29, 0.717) is 5.92 Å². The molecule has 0 unspecified atom stereocenters. The largest absolute Gasteiger partial charge is 0.494 e. The van der Waals surface area contributed by atoms with Gasteiger partial charge in [0.15, 0.2) is 0 Å². The minimum absolute atomic E-state index is 0.641. The Hall–Kier alpha value is -1.02. The molecule has 1 aliphatic heterocycles. The van der Waals surface area contributed by atoms with Gasteiger partial charge in [-0.2, -0.15) is 0 Å². The van der Waals surface area contributed by atoms with E-state index in [1.807, 2.05) is 0 Å². The summed E-state index contributed by atoms with van der Waals surface area (Å²) in [5.41, 5.74) is 1.41. The lowest BCUT2D eigenvalue weighted by Crippen LogP contribution is -2.30. The first-order valence-corrected chi connectivity index (χ1v) is 7.73. The SMILES string of the molecule is CC[C@@H](C)c1ccc(OCC[C@H]2CCCNC2)cc1. The van der Waals surface area contributed by atoms with Crippen molar-refractivity contribution in [1.29, 1.82) is 0 Å². The first kappa shape index (κ1) is 14.4. The number of hydrogen-bond acceptors (Lipinski definition) is 2. The van der Waals surface area contributed by atoms with Gasteiger partial charge < -0.3 is 10.1 Å². The summed E-state index contributed by atoms with van der Waals surface area (Å²) < 4.78 is 5.85. The Labute approximate surface area is 117 Å². The highest BCUT2D eigenvalue weighted by molar-refractivity contribution is 5.29. The van der Waals surface area contributed by atoms with E-state index in [4.69, 9.17) is 4.74 Å². The Balaban J connectivity index is 1.73. The van der Waals surface area contributed by atoms with Crippen molar-refractivity contribution in [2.45, 2.75) is 45.4 Å². The maximum Gasteiger partial charge on any atom is 0.119 e. The van der Waals surface area contributed by atoms with Crippen molar-refractivity contribution >= 4 is 0 Å². The molecule has 0 aliphatic carbocycles. The van der Waals surface area contributed by atoms with E-state index >= 15 is 0 Å². The fraction of sp³-hybridized carbons (Fsp3) is 0.647. The minimum atomic E-state index is 0.641. The summed E-state index contributed by atoms with van der Waals surface area (Å²) in [6.07, 6.45) is 5.02. The fourth-order valence-electron chi connectivity index (χ4n) is 2.64. The highest BCUT2D eigenvalue weighted by Gasteiger charge is 2.12. The van der Waals surface area contributed by atoms with Crippen molar-refractivity contribution in [2.24, 2.45) is 5.92 Å². The molecule has 2 rings (SSSR count). The first-order chi connectivity index (χ1) is 9.29. The van der Waals surface area contributed by atoms with E-state index in [9.17, 15) is 0 Å². The van der Waals surface area contributed by atoms with Gasteiger partial charge in [0.05, 0.1) is 6.61 Å². The number of piperidine rings is 1. The monoisotopic (exact) mass is 261 g/mol. The van der Waals surface area contributed by atoms with Crippen LogP contribution in [-0.2, 0) is 0 Å². The zero-order chi connectivity index (χ0) is 13.5. The standard InChI is InChI=1S/C17H27NO/c1-3-14(2)16-6-8-17(9-7-16)19-12-10-15-5-4-11-18-13-15/h6-9,14-15,18H,3-5,10-13H2,1-2H3/t14-,15-/m1/s1. The maximum atomic E-state index is 5.85. The molecule has 2 heteroatoms. The molecule has 106 valence electrons. The van der Waals surface area contributed by atoms with E-state index < -0.39 is 0 Å². The van der Waals surface area contributed by atoms with Crippen LogP contribution in [0.1, 0.15) is 51.0 Å². The molecule has 0 aromatic heterocycles. The molecule has 1 heterocycles. The molecular weight excluding hydrogens is 234 g/mol. The quantitative estimate of drug-likeness (QED) is 0.836. The molecule has 1 saturated heterocycles. The molecule has 0 radical (unpaired) electrons. The molecular formula is C17H27NO. The van der Waals surface area contributed by atoms with Crippen LogP contribution in [-0.4, -0.2) is 19.7 Å². The second-order valence-electron chi connectivity index (χ2n) is 5.73. The van der Waals surface area contributed by atoms with Gasteiger partial charge in [-0.15, -0.1) is 0 Å². The minimum Gasteiger partial charge on any atom is -0.494 e. The average molecular weight is 261 g/mol. The lowest BCUT2D eigenvalue weighted by molar-refractivity contribution is 0.254. The van der Waals surface area contributed by atoms with Crippen LogP contribution in [0.4, 0.5) is 0 Å². The molecule has 1 aromatic rings. The normalized spacial score (nSPS) is 21.1. The van der Waals surface area contributed by atoms with Gasteiger partial charge in [-0.05, 0) is 68.3 Å². The first-order valence-electron chi connectivity index (χ1n) is 7.73. The third-order valence-corrected chi connectivity index (χ3v) is 4.26. The van der Waals surface area contributed by atoms with Gasteiger partial charge in [0.2, 0.25) is 0 Å². The van der Waals surface area contributed by atoms with E-state index in [-0.39, 0.29) is 0 Å². The zero-order valence-corrected chi connectivity index (χ0v) is 12.3. The van der Waals surface area contributed by atoms with Crippen LogP contribution in [0.15, 0.2) is 24.3 Å². The number of rotatable bonds is 6. The lowest BCUT2D eigenvalue weighted by atomic mass is 9.97. The van der Waals surface area contributed by atoms with E-state index in [2.05, 4.69) is 43.4 Å². The predicted octanol–water partition coefficient (Wildman–Crippen LogP) is 3.97. The summed E-state index contributed by atoms with van der Waals surface area (Å²) >= 11 is 0. The van der Waals surface area contributed by atoms with Crippen LogP contribution >= 0.6 is 0 Å². The third-order valence-electron chi connectivity index (χ3n) is 4.26. The van der Waals surface area contributed by atoms with Gasteiger partial charge in [-0.3, -0.25) is 0 Å². The molecule has 19 heavy (non-hydrogen) atoms. The van der Waals surface area contributed by atoms with E-state index in [1.165, 1.54) is 37.8 Å².